The molecule has 5 nitrogen and oxygen atoms in total. The van der Waals surface area contributed by atoms with Gasteiger partial charge in [0.1, 0.15) is 6.04 Å². The van der Waals surface area contributed by atoms with Gasteiger partial charge in [0.25, 0.3) is 0 Å². The van der Waals surface area contributed by atoms with Gasteiger partial charge < -0.3 is 9.80 Å². The Kier molecular flexibility index (Phi) is 4.95. The normalized spacial score (nSPS) is 16.9. The lowest BCUT2D eigenvalue weighted by Crippen LogP contribution is -2.39. The number of benzene rings is 1. The standard InChI is InChI=1S/C18H24N4O/c1-2-17(22-13-6-10-19-22)18(23)21-12-7-11-20(14-15-21)16-8-4-3-5-9-16/h3-6,8-10,13,17H,2,7,11-12,14-15H2,1H3/t17-/m1/s1. The summed E-state index contributed by atoms with van der Waals surface area (Å²) in [5.41, 5.74) is 1.24. The zero-order valence-corrected chi connectivity index (χ0v) is 13.6. The number of rotatable bonds is 4. The van der Waals surface area contributed by atoms with Crippen LogP contribution in [0.1, 0.15) is 25.8 Å². The summed E-state index contributed by atoms with van der Waals surface area (Å²) < 4.78 is 1.78. The van der Waals surface area contributed by atoms with Crippen molar-refractivity contribution in [1.29, 1.82) is 0 Å². The number of para-hydroxylation sites is 1. The summed E-state index contributed by atoms with van der Waals surface area (Å²) in [6.45, 7) is 5.50. The number of nitrogens with zero attached hydrogens (tertiary/aromatic N) is 4. The minimum absolute atomic E-state index is 0.186. The van der Waals surface area contributed by atoms with Gasteiger partial charge in [0, 0.05) is 44.3 Å². The molecule has 0 N–H and O–H groups in total. The van der Waals surface area contributed by atoms with E-state index in [1.807, 2.05) is 30.2 Å². The molecule has 0 bridgehead atoms. The maximum atomic E-state index is 12.9. The number of hydrogen-bond acceptors (Lipinski definition) is 3. The van der Waals surface area contributed by atoms with Gasteiger partial charge in [0.05, 0.1) is 0 Å². The van der Waals surface area contributed by atoms with Gasteiger partial charge in [0.15, 0.2) is 0 Å². The third kappa shape index (κ3) is 3.55. The van der Waals surface area contributed by atoms with Crippen molar-refractivity contribution in [2.75, 3.05) is 31.1 Å². The van der Waals surface area contributed by atoms with Crippen LogP contribution in [0.3, 0.4) is 0 Å². The van der Waals surface area contributed by atoms with E-state index in [4.69, 9.17) is 0 Å². The van der Waals surface area contributed by atoms with Crippen molar-refractivity contribution < 1.29 is 4.79 Å². The summed E-state index contributed by atoms with van der Waals surface area (Å²) >= 11 is 0. The van der Waals surface area contributed by atoms with E-state index in [1.165, 1.54) is 5.69 Å². The molecule has 1 aromatic heterocycles. The van der Waals surface area contributed by atoms with Gasteiger partial charge >= 0.3 is 0 Å². The highest BCUT2D eigenvalue weighted by atomic mass is 16.2. The first kappa shape index (κ1) is 15.6. The van der Waals surface area contributed by atoms with Crippen LogP contribution in [0.2, 0.25) is 0 Å². The molecule has 0 unspecified atom stereocenters. The first-order chi connectivity index (χ1) is 11.3. The van der Waals surface area contributed by atoms with Crippen LogP contribution in [-0.2, 0) is 4.79 Å². The van der Waals surface area contributed by atoms with Crippen LogP contribution in [0.25, 0.3) is 0 Å². The first-order valence-corrected chi connectivity index (χ1v) is 8.37. The molecule has 5 heteroatoms. The molecule has 1 aliphatic heterocycles. The lowest BCUT2D eigenvalue weighted by Gasteiger charge is -2.26. The Hall–Kier alpha value is -2.30. The van der Waals surface area contributed by atoms with Crippen LogP contribution in [0, 0.1) is 0 Å². The van der Waals surface area contributed by atoms with Crippen molar-refractivity contribution in [1.82, 2.24) is 14.7 Å². The van der Waals surface area contributed by atoms with Crippen molar-refractivity contribution in [2.45, 2.75) is 25.8 Å². The number of carbonyl (C=O) groups is 1. The molecule has 23 heavy (non-hydrogen) atoms. The summed E-state index contributed by atoms with van der Waals surface area (Å²) in [7, 11) is 0. The Balaban J connectivity index is 1.66. The van der Waals surface area contributed by atoms with E-state index in [0.29, 0.717) is 0 Å². The van der Waals surface area contributed by atoms with Crippen LogP contribution in [-0.4, -0.2) is 46.8 Å². The van der Waals surface area contributed by atoms with Gasteiger partial charge in [-0.15, -0.1) is 0 Å². The van der Waals surface area contributed by atoms with Crippen molar-refractivity contribution in [2.24, 2.45) is 0 Å². The molecule has 3 rings (SSSR count). The lowest BCUT2D eigenvalue weighted by atomic mass is 10.2. The highest BCUT2D eigenvalue weighted by Gasteiger charge is 2.26. The Morgan fingerprint density at radius 3 is 2.65 bits per heavy atom. The summed E-state index contributed by atoms with van der Waals surface area (Å²) in [6.07, 6.45) is 5.37. The number of amides is 1. The fourth-order valence-electron chi connectivity index (χ4n) is 3.19. The van der Waals surface area contributed by atoms with Crippen molar-refractivity contribution in [3.8, 4) is 0 Å². The van der Waals surface area contributed by atoms with Crippen LogP contribution in [0.5, 0.6) is 0 Å². The van der Waals surface area contributed by atoms with Crippen LogP contribution in [0.15, 0.2) is 48.8 Å². The van der Waals surface area contributed by atoms with Gasteiger partial charge in [-0.2, -0.15) is 5.10 Å². The smallest absolute Gasteiger partial charge is 0.247 e. The summed E-state index contributed by atoms with van der Waals surface area (Å²) in [5, 5.41) is 4.25. The molecule has 0 radical (unpaired) electrons. The van der Waals surface area contributed by atoms with Crippen molar-refractivity contribution in [3.05, 3.63) is 48.8 Å². The predicted molar refractivity (Wildman–Crippen MR) is 91.4 cm³/mol. The summed E-state index contributed by atoms with van der Waals surface area (Å²) in [5.74, 6) is 0.186. The molecular formula is C18H24N4O. The molecule has 1 aromatic carbocycles. The highest BCUT2D eigenvalue weighted by molar-refractivity contribution is 5.80. The molecule has 1 amide bonds. The monoisotopic (exact) mass is 312 g/mol. The van der Waals surface area contributed by atoms with Crippen LogP contribution >= 0.6 is 0 Å². The topological polar surface area (TPSA) is 41.4 Å². The predicted octanol–water partition coefficient (Wildman–Crippen LogP) is 2.57. The molecule has 2 aromatic rings. The third-order valence-corrected chi connectivity index (χ3v) is 4.44. The second-order valence-corrected chi connectivity index (χ2v) is 5.91. The average molecular weight is 312 g/mol. The van der Waals surface area contributed by atoms with Gasteiger partial charge in [-0.3, -0.25) is 9.48 Å². The van der Waals surface area contributed by atoms with E-state index in [0.717, 1.165) is 39.0 Å². The van der Waals surface area contributed by atoms with E-state index in [1.54, 1.807) is 10.9 Å². The second kappa shape index (κ2) is 7.31. The molecule has 1 atom stereocenters. The minimum Gasteiger partial charge on any atom is -0.370 e. The molecule has 2 heterocycles. The minimum atomic E-state index is -0.187. The zero-order valence-electron chi connectivity index (χ0n) is 13.6. The molecule has 0 saturated carbocycles. The Bertz CT molecular complexity index is 611. The molecule has 1 aliphatic rings. The van der Waals surface area contributed by atoms with Crippen LogP contribution in [0.4, 0.5) is 5.69 Å². The molecule has 0 aliphatic carbocycles. The fourth-order valence-corrected chi connectivity index (χ4v) is 3.19. The molecule has 122 valence electrons. The highest BCUT2D eigenvalue weighted by Crippen LogP contribution is 2.19. The lowest BCUT2D eigenvalue weighted by molar-refractivity contribution is -0.135. The quantitative estimate of drug-likeness (QED) is 0.871. The van der Waals surface area contributed by atoms with E-state index in [9.17, 15) is 4.79 Å². The molecule has 0 spiro atoms. The SMILES string of the molecule is CC[C@H](C(=O)N1CCCN(c2ccccc2)CC1)n1cccn1. The average Bonchev–Trinajstić information content (AvgIpc) is 3.00. The Morgan fingerprint density at radius 1 is 1.13 bits per heavy atom. The number of carbonyl (C=O) groups excluding carboxylic acids is 1. The summed E-state index contributed by atoms with van der Waals surface area (Å²) in [4.78, 5) is 17.2. The van der Waals surface area contributed by atoms with E-state index < -0.39 is 0 Å². The van der Waals surface area contributed by atoms with Crippen molar-refractivity contribution >= 4 is 11.6 Å². The van der Waals surface area contributed by atoms with Gasteiger partial charge in [0.2, 0.25) is 5.91 Å². The second-order valence-electron chi connectivity index (χ2n) is 5.91. The van der Waals surface area contributed by atoms with E-state index in [2.05, 4.69) is 34.3 Å². The maximum Gasteiger partial charge on any atom is 0.247 e. The largest absolute Gasteiger partial charge is 0.370 e. The molecule has 1 fully saturated rings. The molecular weight excluding hydrogens is 288 g/mol. The zero-order chi connectivity index (χ0) is 16.1. The summed E-state index contributed by atoms with van der Waals surface area (Å²) in [6, 6.07) is 12.1. The number of hydrogen-bond donors (Lipinski definition) is 0. The molecule has 1 saturated heterocycles. The fraction of sp³-hybridized carbons (Fsp3) is 0.444. The van der Waals surface area contributed by atoms with Gasteiger partial charge in [-0.1, -0.05) is 25.1 Å². The Labute approximate surface area is 137 Å². The first-order valence-electron chi connectivity index (χ1n) is 8.37. The Morgan fingerprint density at radius 2 is 1.96 bits per heavy atom. The van der Waals surface area contributed by atoms with Crippen LogP contribution < -0.4 is 4.90 Å². The van der Waals surface area contributed by atoms with E-state index >= 15 is 0 Å². The third-order valence-electron chi connectivity index (χ3n) is 4.44. The van der Waals surface area contributed by atoms with Gasteiger partial charge in [-0.25, -0.2) is 0 Å². The maximum absolute atomic E-state index is 12.9. The van der Waals surface area contributed by atoms with Crippen molar-refractivity contribution in [3.63, 3.8) is 0 Å². The number of anilines is 1. The van der Waals surface area contributed by atoms with E-state index in [-0.39, 0.29) is 11.9 Å². The van der Waals surface area contributed by atoms with Gasteiger partial charge in [-0.05, 0) is 31.0 Å². The number of aromatic nitrogens is 2.